The Morgan fingerprint density at radius 2 is 1.80 bits per heavy atom. The maximum atomic E-state index is 10.1. The summed E-state index contributed by atoms with van der Waals surface area (Å²) < 4.78 is 0. The van der Waals surface area contributed by atoms with E-state index in [9.17, 15) is 14.4 Å². The predicted octanol–water partition coefficient (Wildman–Crippen LogP) is -0.552. The van der Waals surface area contributed by atoms with Gasteiger partial charge < -0.3 is 5.11 Å². The van der Waals surface area contributed by atoms with Crippen molar-refractivity contribution in [3.05, 3.63) is 0 Å². The molecule has 0 heterocycles. The molecule has 8 heteroatoms. The van der Waals surface area contributed by atoms with Crippen LogP contribution in [0.15, 0.2) is 0 Å². The van der Waals surface area contributed by atoms with Gasteiger partial charge in [-0.3, -0.25) is 9.59 Å². The number of carbonyl (C=O) groups excluding carboxylic acids is 2. The molecule has 0 saturated carbocycles. The van der Waals surface area contributed by atoms with E-state index >= 15 is 0 Å². The molecule has 0 saturated heterocycles. The van der Waals surface area contributed by atoms with Gasteiger partial charge in [0.15, 0.2) is 0 Å². The van der Waals surface area contributed by atoms with Crippen molar-refractivity contribution in [2.45, 2.75) is 26.6 Å². The minimum atomic E-state index is -1.55. The Morgan fingerprint density at radius 3 is 1.87 bits per heavy atom. The fourth-order valence-electron chi connectivity index (χ4n) is 0.438. The van der Waals surface area contributed by atoms with Crippen LogP contribution < -0.4 is 0 Å². The minimum Gasteiger partial charge on any atom is -0.475 e. The molecular weight excluding hydrogens is 283 g/mol. The first-order valence-electron chi connectivity index (χ1n) is 4.08. The Bertz CT molecular complexity index is 208. The molecule has 0 unspecified atom stereocenters. The largest absolute Gasteiger partial charge is 0.475 e. The van der Waals surface area contributed by atoms with Crippen molar-refractivity contribution in [3.8, 4) is 0 Å². The molecule has 0 rings (SSSR count). The normalized spacial score (nSPS) is 7.33. The van der Waals surface area contributed by atoms with Crippen molar-refractivity contribution >= 4 is 39.5 Å². The summed E-state index contributed by atoms with van der Waals surface area (Å²) in [6.45, 7) is 3.21. The van der Waals surface area contributed by atoms with Crippen LogP contribution in [0.1, 0.15) is 20.3 Å². The third-order valence-corrected chi connectivity index (χ3v) is 1.02. The van der Waals surface area contributed by atoms with Gasteiger partial charge in [-0.2, -0.15) is 0 Å². The van der Waals surface area contributed by atoms with E-state index in [1.54, 1.807) is 7.06 Å². The number of Topliss-reactive ketones (excluding diaryl/α,β-unsaturated/α-hetero) is 2. The van der Waals surface area contributed by atoms with E-state index in [1.807, 2.05) is 14.1 Å². The van der Waals surface area contributed by atoms with E-state index < -0.39 is 24.0 Å². The van der Waals surface area contributed by atoms with Crippen molar-refractivity contribution in [2.24, 2.45) is 0 Å². The van der Waals surface area contributed by atoms with Crippen molar-refractivity contribution in [2.75, 3.05) is 0 Å². The SMILES string of the molecule is CC(=O)CC(=O)C(=O)O.[B][B][B]CC.[Rh]. The zero-order chi connectivity index (χ0) is 11.6. The molecule has 0 aliphatic heterocycles. The molecule has 0 amide bonds. The molecule has 5 radical (unpaired) electrons. The summed E-state index contributed by atoms with van der Waals surface area (Å²) in [7, 11) is 8.42. The first kappa shape index (κ1) is 20.1. The second kappa shape index (κ2) is 13.6. The van der Waals surface area contributed by atoms with Gasteiger partial charge in [0.2, 0.25) is 5.78 Å². The predicted molar refractivity (Wildman–Crippen MR) is 55.7 cm³/mol. The van der Waals surface area contributed by atoms with E-state index in [0.717, 1.165) is 6.32 Å². The molecule has 1 N–H and O–H groups in total. The molecule has 4 nitrogen and oxygen atoms in total. The Morgan fingerprint density at radius 1 is 1.33 bits per heavy atom. The molecule has 0 spiro atoms. The van der Waals surface area contributed by atoms with E-state index in [1.165, 1.54) is 6.92 Å². The van der Waals surface area contributed by atoms with Gasteiger partial charge in [-0.25, -0.2) is 4.79 Å². The first-order valence-corrected chi connectivity index (χ1v) is 4.08. The number of carbonyl (C=O) groups is 3. The summed E-state index contributed by atoms with van der Waals surface area (Å²) in [6.07, 6.45) is 0.534. The van der Waals surface area contributed by atoms with Gasteiger partial charge in [0.05, 0.1) is 13.6 Å². The van der Waals surface area contributed by atoms with Crippen molar-refractivity contribution in [1.82, 2.24) is 0 Å². The Labute approximate surface area is 105 Å². The average Bonchev–Trinajstić information content (AvgIpc) is 2.05. The van der Waals surface area contributed by atoms with Crippen molar-refractivity contribution < 1.29 is 39.0 Å². The van der Waals surface area contributed by atoms with Gasteiger partial charge in [0.25, 0.3) is 0 Å². The summed E-state index contributed by atoms with van der Waals surface area (Å²) in [6, 6.07) is 0. The Kier molecular flexibility index (Phi) is 18.3. The molecule has 0 aliphatic rings. The molecule has 0 aliphatic carbocycles. The van der Waals surface area contributed by atoms with Gasteiger partial charge in [-0.15, -0.1) is 0 Å². The van der Waals surface area contributed by atoms with Crippen LogP contribution in [0, 0.1) is 0 Å². The topological polar surface area (TPSA) is 71.4 Å². The van der Waals surface area contributed by atoms with Crippen LogP contribution in [0.5, 0.6) is 0 Å². The average molecular weight is 295 g/mol. The van der Waals surface area contributed by atoms with Crippen LogP contribution in [0.2, 0.25) is 6.32 Å². The zero-order valence-corrected chi connectivity index (χ0v) is 10.3. The molecule has 0 atom stereocenters. The molecule has 0 bridgehead atoms. The fourth-order valence-corrected chi connectivity index (χ4v) is 0.438. The maximum absolute atomic E-state index is 10.1. The van der Waals surface area contributed by atoms with Gasteiger partial charge in [0.1, 0.15) is 5.78 Å². The molecule has 0 aromatic heterocycles. The van der Waals surface area contributed by atoms with E-state index in [0.29, 0.717) is 0 Å². The number of aliphatic carboxylic acids is 1. The fraction of sp³-hybridized carbons (Fsp3) is 0.571. The smallest absolute Gasteiger partial charge is 0.372 e. The van der Waals surface area contributed by atoms with Gasteiger partial charge in [-0.05, 0) is 6.92 Å². The molecule has 0 fully saturated rings. The zero-order valence-electron chi connectivity index (χ0n) is 8.65. The summed E-state index contributed by atoms with van der Waals surface area (Å²) in [5.41, 5.74) is 0. The second-order valence-electron chi connectivity index (χ2n) is 2.44. The third-order valence-electron chi connectivity index (χ3n) is 1.02. The van der Waals surface area contributed by atoms with Gasteiger partial charge >= 0.3 is 5.97 Å². The third kappa shape index (κ3) is 19.9. The number of hydrogen-bond donors (Lipinski definition) is 1. The molecule has 81 valence electrons. The summed E-state index contributed by atoms with van der Waals surface area (Å²) in [5, 5.41) is 7.93. The quantitative estimate of drug-likeness (QED) is 0.419. The molecular formula is C7H11B3O4Rh. The molecule has 0 aromatic carbocycles. The minimum absolute atomic E-state index is 0. The number of rotatable bonds is 5. The van der Waals surface area contributed by atoms with Gasteiger partial charge in [-0.1, -0.05) is 13.2 Å². The standard InChI is InChI=1S/C5H6O4.C2H5B3.Rh/c1-3(6)2-4(7)5(8)9;1-2-4-5-3;/h2H2,1H3,(H,8,9);2H2,1H3;. The van der Waals surface area contributed by atoms with Crippen LogP contribution >= 0.6 is 0 Å². The van der Waals surface area contributed by atoms with Crippen LogP contribution in [0.25, 0.3) is 0 Å². The summed E-state index contributed by atoms with van der Waals surface area (Å²) >= 11 is 0. The van der Waals surface area contributed by atoms with Crippen molar-refractivity contribution in [3.63, 3.8) is 0 Å². The van der Waals surface area contributed by atoms with E-state index in [-0.39, 0.29) is 19.5 Å². The summed E-state index contributed by atoms with van der Waals surface area (Å²) in [5.74, 6) is -3.03. The second-order valence-corrected chi connectivity index (χ2v) is 2.44. The Hall–Kier alpha value is -0.372. The monoisotopic (exact) mass is 295 g/mol. The molecule has 15 heavy (non-hydrogen) atoms. The van der Waals surface area contributed by atoms with Crippen LogP contribution in [0.4, 0.5) is 0 Å². The molecule has 0 aromatic rings. The number of ketones is 2. The number of carboxylic acids is 1. The first-order chi connectivity index (χ1) is 6.45. The maximum Gasteiger partial charge on any atom is 0.372 e. The van der Waals surface area contributed by atoms with Crippen LogP contribution in [0.3, 0.4) is 0 Å². The number of carboxylic acid groups (broad SMARTS) is 1. The van der Waals surface area contributed by atoms with E-state index in [4.69, 9.17) is 12.8 Å². The van der Waals surface area contributed by atoms with Crippen molar-refractivity contribution in [1.29, 1.82) is 0 Å². The van der Waals surface area contributed by atoms with Gasteiger partial charge in [0, 0.05) is 34.3 Å². The van der Waals surface area contributed by atoms with Crippen LogP contribution in [-0.4, -0.2) is 44.6 Å². The number of hydrogen-bond acceptors (Lipinski definition) is 3. The summed E-state index contributed by atoms with van der Waals surface area (Å²) in [4.78, 5) is 29.9. The van der Waals surface area contributed by atoms with Crippen LogP contribution in [-0.2, 0) is 33.9 Å². The Balaban J connectivity index is -0.000000208. The van der Waals surface area contributed by atoms with E-state index in [2.05, 4.69) is 0 Å².